The number of rotatable bonds is 13. The second kappa shape index (κ2) is 15.0. The number of nitrogens with one attached hydrogen (secondary N) is 1. The summed E-state index contributed by atoms with van der Waals surface area (Å²) in [6, 6.07) is 0. The van der Waals surface area contributed by atoms with Gasteiger partial charge in [-0.2, -0.15) is 0 Å². The summed E-state index contributed by atoms with van der Waals surface area (Å²) >= 11 is 12.4. The van der Waals surface area contributed by atoms with Crippen molar-refractivity contribution in [2.45, 2.75) is 33.1 Å². The second-order valence-electron chi connectivity index (χ2n) is 7.27. The molecular weight excluding hydrogens is 477 g/mol. The minimum absolute atomic E-state index is 0.275. The van der Waals surface area contributed by atoms with Crippen molar-refractivity contribution in [3.8, 4) is 0 Å². The Morgan fingerprint density at radius 2 is 1.94 bits per heavy atom. The molecule has 8 heteroatoms. The first-order chi connectivity index (χ1) is 16.1. The normalized spacial score (nSPS) is 15.5. The summed E-state index contributed by atoms with van der Waals surface area (Å²) in [6.07, 6.45) is 12.2. The summed E-state index contributed by atoms with van der Waals surface area (Å²) in [5, 5.41) is 12.5. The van der Waals surface area contributed by atoms with Crippen LogP contribution in [0, 0.1) is 0 Å². The fourth-order valence-corrected chi connectivity index (χ4v) is 3.35. The van der Waals surface area contributed by atoms with Gasteiger partial charge in [-0.05, 0) is 67.7 Å². The third-order valence-electron chi connectivity index (χ3n) is 4.76. The van der Waals surface area contributed by atoms with Crippen LogP contribution in [0.3, 0.4) is 0 Å². The molecule has 6 nitrogen and oxygen atoms in total. The predicted molar refractivity (Wildman–Crippen MR) is 137 cm³/mol. The van der Waals surface area contributed by atoms with Crippen molar-refractivity contribution in [2.24, 2.45) is 0 Å². The average molecular weight is 508 g/mol. The van der Waals surface area contributed by atoms with Gasteiger partial charge < -0.3 is 19.9 Å². The van der Waals surface area contributed by atoms with Crippen molar-refractivity contribution in [1.29, 1.82) is 0 Å². The van der Waals surface area contributed by atoms with Crippen molar-refractivity contribution >= 4 is 35.1 Å². The molecule has 0 heterocycles. The topological polar surface area (TPSA) is 84.9 Å². The Kier molecular flexibility index (Phi) is 12.9. The lowest BCUT2D eigenvalue weighted by atomic mass is 9.95. The molecule has 2 N–H and O–H groups in total. The highest BCUT2D eigenvalue weighted by Crippen LogP contribution is 2.28. The Labute approximate surface area is 211 Å². The lowest BCUT2D eigenvalue weighted by Gasteiger charge is -2.16. The molecule has 0 fully saturated rings. The lowest BCUT2D eigenvalue weighted by Crippen LogP contribution is -2.26. The number of carboxylic acid groups (broad SMARTS) is 1. The Balaban J connectivity index is 2.78. The Hall–Kier alpha value is -2.96. The van der Waals surface area contributed by atoms with Gasteiger partial charge in [0.15, 0.2) is 6.61 Å². The van der Waals surface area contributed by atoms with Crippen molar-refractivity contribution in [1.82, 2.24) is 5.32 Å². The van der Waals surface area contributed by atoms with Gasteiger partial charge in [-0.25, -0.2) is 4.79 Å². The van der Waals surface area contributed by atoms with Gasteiger partial charge in [0.25, 0.3) is 5.91 Å². The first-order valence-electron chi connectivity index (χ1n) is 10.6. The highest BCUT2D eigenvalue weighted by molar-refractivity contribution is 6.32. The van der Waals surface area contributed by atoms with Gasteiger partial charge in [0.05, 0.1) is 18.4 Å². The maximum absolute atomic E-state index is 12.6. The number of amides is 1. The predicted octanol–water partition coefficient (Wildman–Crippen LogP) is 6.05. The Bertz CT molecular complexity index is 993. The molecule has 184 valence electrons. The average Bonchev–Trinajstić information content (AvgIpc) is 2.81. The molecule has 1 aliphatic rings. The summed E-state index contributed by atoms with van der Waals surface area (Å²) in [7, 11) is 1.45. The van der Waals surface area contributed by atoms with E-state index in [9.17, 15) is 9.59 Å². The number of hydrogen-bond donors (Lipinski definition) is 2. The number of allylic oxidation sites excluding steroid dienone is 10. The van der Waals surface area contributed by atoms with E-state index in [0.29, 0.717) is 53.0 Å². The molecule has 0 bridgehead atoms. The van der Waals surface area contributed by atoms with Gasteiger partial charge in [0.1, 0.15) is 5.76 Å². The molecule has 0 aliphatic heterocycles. The number of halogens is 2. The monoisotopic (exact) mass is 507 g/mol. The van der Waals surface area contributed by atoms with E-state index in [1.807, 2.05) is 25.2 Å². The Morgan fingerprint density at radius 3 is 2.44 bits per heavy atom. The van der Waals surface area contributed by atoms with Crippen LogP contribution >= 0.6 is 23.2 Å². The van der Waals surface area contributed by atoms with Crippen LogP contribution in [0.5, 0.6) is 0 Å². The first-order valence-corrected chi connectivity index (χ1v) is 11.4. The molecule has 0 aromatic carbocycles. The smallest absolute Gasteiger partial charge is 0.341 e. The van der Waals surface area contributed by atoms with E-state index < -0.39 is 5.97 Å². The van der Waals surface area contributed by atoms with Gasteiger partial charge in [-0.1, -0.05) is 48.5 Å². The zero-order valence-corrected chi connectivity index (χ0v) is 21.3. The van der Waals surface area contributed by atoms with E-state index in [1.165, 1.54) is 19.3 Å². The van der Waals surface area contributed by atoms with Crippen LogP contribution in [-0.4, -0.2) is 37.2 Å². The van der Waals surface area contributed by atoms with Crippen molar-refractivity contribution in [3.63, 3.8) is 0 Å². The van der Waals surface area contributed by atoms with E-state index in [-0.39, 0.29) is 18.1 Å². The number of methoxy groups -OCH3 is 1. The maximum Gasteiger partial charge on any atom is 0.341 e. The number of hydrogen-bond acceptors (Lipinski definition) is 4. The molecule has 0 saturated carbocycles. The summed E-state index contributed by atoms with van der Waals surface area (Å²) in [5.74, 6) is -0.401. The summed E-state index contributed by atoms with van der Waals surface area (Å²) in [6.45, 7) is 11.2. The third-order valence-corrected chi connectivity index (χ3v) is 5.25. The van der Waals surface area contributed by atoms with E-state index in [0.717, 1.165) is 11.1 Å². The standard InChI is InChI=1S/C26H31Cl2NO5/c1-6-19(20-8-10-21(11-9-20)34-16-25(30)31)15-23(28)17(3)12-13-29-26(32)22(14-18(4)27)24(7-2)33-5/h6-8,10,14-15H,2-3,9,11-13,16H2,1,4-5H3,(H,29,32)(H,30,31)/b18-14+,19-6+,23-15+,24-22-. The lowest BCUT2D eigenvalue weighted by molar-refractivity contribution is -0.140. The van der Waals surface area contributed by atoms with E-state index in [2.05, 4.69) is 18.5 Å². The molecule has 0 aromatic rings. The van der Waals surface area contributed by atoms with Crippen LogP contribution in [-0.2, 0) is 19.1 Å². The van der Waals surface area contributed by atoms with E-state index >= 15 is 0 Å². The third kappa shape index (κ3) is 9.89. The molecule has 1 rings (SSSR count). The highest BCUT2D eigenvalue weighted by atomic mass is 35.5. The number of ether oxygens (including phenoxy) is 2. The van der Waals surface area contributed by atoms with Crippen LogP contribution in [0.15, 0.2) is 93.5 Å². The molecule has 1 amide bonds. The fraction of sp³-hybridized carbons (Fsp3) is 0.308. The van der Waals surface area contributed by atoms with E-state index in [4.69, 9.17) is 37.8 Å². The van der Waals surface area contributed by atoms with Gasteiger partial charge in [0.2, 0.25) is 0 Å². The largest absolute Gasteiger partial charge is 0.496 e. The molecule has 0 radical (unpaired) electrons. The summed E-state index contributed by atoms with van der Waals surface area (Å²) in [5.41, 5.74) is 2.94. The first kappa shape index (κ1) is 29.1. The molecule has 0 unspecified atom stereocenters. The van der Waals surface area contributed by atoms with Gasteiger partial charge in [-0.3, -0.25) is 4.79 Å². The SMILES string of the molecule is C=C/C(OC)=C(\C=C(/C)Cl)C(=O)NCCC(=C)/C(Cl)=C\C(=C/C)C1=CC=C(OCC(=O)O)CC1. The maximum atomic E-state index is 12.6. The molecule has 34 heavy (non-hydrogen) atoms. The van der Waals surface area contributed by atoms with Crippen LogP contribution < -0.4 is 5.32 Å². The molecule has 1 aliphatic carbocycles. The molecule has 0 spiro atoms. The van der Waals surface area contributed by atoms with Crippen molar-refractivity contribution < 1.29 is 24.2 Å². The van der Waals surface area contributed by atoms with Gasteiger partial charge in [-0.15, -0.1) is 0 Å². The number of carbonyl (C=O) groups excluding carboxylic acids is 1. The van der Waals surface area contributed by atoms with Gasteiger partial charge >= 0.3 is 5.97 Å². The zero-order valence-electron chi connectivity index (χ0n) is 19.7. The number of carboxylic acids is 1. The van der Waals surface area contributed by atoms with Crippen molar-refractivity contribution in [2.75, 3.05) is 20.3 Å². The van der Waals surface area contributed by atoms with Crippen molar-refractivity contribution in [3.05, 3.63) is 93.5 Å². The molecule has 0 atom stereocenters. The summed E-state index contributed by atoms with van der Waals surface area (Å²) in [4.78, 5) is 23.2. The molecular formula is C26H31Cl2NO5. The van der Waals surface area contributed by atoms with Crippen LogP contribution in [0.25, 0.3) is 0 Å². The Morgan fingerprint density at radius 1 is 1.24 bits per heavy atom. The summed E-state index contributed by atoms with van der Waals surface area (Å²) < 4.78 is 10.4. The van der Waals surface area contributed by atoms with Gasteiger partial charge in [0, 0.05) is 23.0 Å². The number of carbonyl (C=O) groups is 2. The highest BCUT2D eigenvalue weighted by Gasteiger charge is 2.14. The quantitative estimate of drug-likeness (QED) is 0.180. The molecule has 0 aromatic heterocycles. The van der Waals surface area contributed by atoms with Crippen LogP contribution in [0.4, 0.5) is 0 Å². The zero-order chi connectivity index (χ0) is 25.7. The molecule has 0 saturated heterocycles. The second-order valence-corrected chi connectivity index (χ2v) is 8.27. The van der Waals surface area contributed by atoms with Crippen LogP contribution in [0.2, 0.25) is 0 Å². The minimum atomic E-state index is -1.01. The number of aliphatic carboxylic acids is 1. The van der Waals surface area contributed by atoms with E-state index in [1.54, 1.807) is 13.0 Å². The fourth-order valence-electron chi connectivity index (χ4n) is 3.03. The van der Waals surface area contributed by atoms with Crippen LogP contribution in [0.1, 0.15) is 33.1 Å². The minimum Gasteiger partial charge on any atom is -0.496 e.